The Morgan fingerprint density at radius 3 is 2.79 bits per heavy atom. The van der Waals surface area contributed by atoms with E-state index in [0.29, 0.717) is 25.9 Å². The summed E-state index contributed by atoms with van der Waals surface area (Å²) in [5.41, 5.74) is 0. The van der Waals surface area contributed by atoms with Gasteiger partial charge in [-0.2, -0.15) is 0 Å². The molecule has 2 atom stereocenters. The Bertz CT molecular complexity index is 267. The first kappa shape index (κ1) is 10.2. The van der Waals surface area contributed by atoms with Crippen LogP contribution >= 0.6 is 0 Å². The summed E-state index contributed by atoms with van der Waals surface area (Å²) >= 11 is 0.566. The molecule has 1 saturated heterocycles. The molecule has 0 saturated carbocycles. The van der Waals surface area contributed by atoms with E-state index in [0.717, 1.165) is 6.61 Å². The van der Waals surface area contributed by atoms with Crippen LogP contribution in [0.25, 0.3) is 0 Å². The van der Waals surface area contributed by atoms with Gasteiger partial charge in [0, 0.05) is 0 Å². The van der Waals surface area contributed by atoms with E-state index in [2.05, 4.69) is 37.3 Å². The first-order valence-corrected chi connectivity index (χ1v) is 7.04. The zero-order valence-electron chi connectivity index (χ0n) is 8.48. The van der Waals surface area contributed by atoms with Crippen LogP contribution in [-0.2, 0) is 4.74 Å². The minimum atomic E-state index is 0.523. The summed E-state index contributed by atoms with van der Waals surface area (Å²) in [4.78, 5) is 0.715. The molecule has 0 radical (unpaired) electrons. The third-order valence-corrected chi connectivity index (χ3v) is 5.11. The standard InChI is InChI=1S/C12H16OSe/c1-10(12-8-5-9-13-12)14-11-6-3-2-4-7-11/h2-4,6-7,10,12H,5,8-9H2,1H3/t10-,12-/m1/s1. The Morgan fingerprint density at radius 1 is 1.36 bits per heavy atom. The van der Waals surface area contributed by atoms with Gasteiger partial charge in [-0.3, -0.25) is 0 Å². The van der Waals surface area contributed by atoms with Crippen LogP contribution in [0.3, 0.4) is 0 Å². The van der Waals surface area contributed by atoms with Crippen molar-refractivity contribution in [3.05, 3.63) is 30.3 Å². The second-order valence-electron chi connectivity index (χ2n) is 3.69. The second kappa shape index (κ2) is 4.97. The molecule has 1 aromatic carbocycles. The molecular formula is C12H16OSe. The van der Waals surface area contributed by atoms with Crippen LogP contribution in [0.1, 0.15) is 19.8 Å². The van der Waals surface area contributed by atoms with E-state index in [-0.39, 0.29) is 0 Å². The molecule has 1 aliphatic rings. The number of benzene rings is 1. The molecule has 2 rings (SSSR count). The first-order valence-electron chi connectivity index (χ1n) is 5.19. The van der Waals surface area contributed by atoms with Crippen molar-refractivity contribution in [2.45, 2.75) is 30.7 Å². The topological polar surface area (TPSA) is 9.23 Å². The molecule has 14 heavy (non-hydrogen) atoms. The van der Waals surface area contributed by atoms with Crippen molar-refractivity contribution in [3.8, 4) is 0 Å². The normalized spacial score (nSPS) is 23.6. The molecule has 0 spiro atoms. The van der Waals surface area contributed by atoms with E-state index in [4.69, 9.17) is 4.74 Å². The predicted molar refractivity (Wildman–Crippen MR) is 60.2 cm³/mol. The summed E-state index contributed by atoms with van der Waals surface area (Å²) in [6, 6.07) is 10.8. The molecule has 0 aliphatic carbocycles. The Kier molecular flexibility index (Phi) is 3.63. The molecule has 0 bridgehead atoms. The van der Waals surface area contributed by atoms with E-state index in [1.807, 2.05) is 0 Å². The van der Waals surface area contributed by atoms with Crippen molar-refractivity contribution < 1.29 is 4.74 Å². The van der Waals surface area contributed by atoms with Crippen LogP contribution in [-0.4, -0.2) is 27.7 Å². The van der Waals surface area contributed by atoms with Gasteiger partial charge < -0.3 is 0 Å². The Balaban J connectivity index is 1.90. The third kappa shape index (κ3) is 2.60. The molecular weight excluding hydrogens is 239 g/mol. The molecule has 0 unspecified atom stereocenters. The van der Waals surface area contributed by atoms with Crippen LogP contribution in [0, 0.1) is 0 Å². The van der Waals surface area contributed by atoms with Crippen molar-refractivity contribution in [2.24, 2.45) is 0 Å². The Morgan fingerprint density at radius 2 is 2.14 bits per heavy atom. The summed E-state index contributed by atoms with van der Waals surface area (Å²) in [7, 11) is 0. The van der Waals surface area contributed by atoms with Gasteiger partial charge in [-0.1, -0.05) is 0 Å². The fraction of sp³-hybridized carbons (Fsp3) is 0.500. The molecule has 0 aromatic heterocycles. The van der Waals surface area contributed by atoms with Crippen molar-refractivity contribution in [3.63, 3.8) is 0 Å². The van der Waals surface area contributed by atoms with Crippen molar-refractivity contribution in [2.75, 3.05) is 6.61 Å². The zero-order valence-corrected chi connectivity index (χ0v) is 10.2. The van der Waals surface area contributed by atoms with E-state index >= 15 is 0 Å². The van der Waals surface area contributed by atoms with Crippen molar-refractivity contribution in [1.29, 1.82) is 0 Å². The molecule has 0 N–H and O–H groups in total. The SMILES string of the molecule is C[C@@H]([Se]c1ccccc1)[C@H]1CCCO1. The maximum absolute atomic E-state index is 5.70. The fourth-order valence-corrected chi connectivity index (χ4v) is 4.09. The van der Waals surface area contributed by atoms with Crippen LogP contribution in [0.15, 0.2) is 30.3 Å². The average Bonchev–Trinajstić information content (AvgIpc) is 2.72. The molecule has 1 nitrogen and oxygen atoms in total. The molecule has 1 aliphatic heterocycles. The van der Waals surface area contributed by atoms with Gasteiger partial charge in [0.05, 0.1) is 0 Å². The average molecular weight is 255 g/mol. The first-order chi connectivity index (χ1) is 6.86. The van der Waals surface area contributed by atoms with E-state index < -0.39 is 0 Å². The quantitative estimate of drug-likeness (QED) is 0.751. The van der Waals surface area contributed by atoms with Gasteiger partial charge in [-0.15, -0.1) is 0 Å². The van der Waals surface area contributed by atoms with Gasteiger partial charge >= 0.3 is 91.8 Å². The number of rotatable bonds is 3. The van der Waals surface area contributed by atoms with E-state index in [1.54, 1.807) is 0 Å². The van der Waals surface area contributed by atoms with Crippen LogP contribution in [0.2, 0.25) is 4.82 Å². The van der Waals surface area contributed by atoms with Crippen molar-refractivity contribution in [1.82, 2.24) is 0 Å². The third-order valence-electron chi connectivity index (χ3n) is 2.55. The molecule has 1 fully saturated rings. The number of ether oxygens (including phenoxy) is 1. The molecule has 0 amide bonds. The van der Waals surface area contributed by atoms with Gasteiger partial charge in [0.2, 0.25) is 0 Å². The van der Waals surface area contributed by atoms with Crippen LogP contribution in [0.4, 0.5) is 0 Å². The Hall–Kier alpha value is -0.301. The van der Waals surface area contributed by atoms with Gasteiger partial charge in [-0.05, 0) is 0 Å². The molecule has 1 aromatic rings. The van der Waals surface area contributed by atoms with Crippen molar-refractivity contribution >= 4 is 19.4 Å². The fourth-order valence-electron chi connectivity index (χ4n) is 1.76. The maximum atomic E-state index is 5.70. The summed E-state index contributed by atoms with van der Waals surface area (Å²) in [6.45, 7) is 3.29. The number of hydrogen-bond donors (Lipinski definition) is 0. The summed E-state index contributed by atoms with van der Waals surface area (Å²) < 4.78 is 7.19. The van der Waals surface area contributed by atoms with Gasteiger partial charge in [-0.25, -0.2) is 0 Å². The molecule has 76 valence electrons. The van der Waals surface area contributed by atoms with Gasteiger partial charge in [0.15, 0.2) is 0 Å². The van der Waals surface area contributed by atoms with Gasteiger partial charge in [0.1, 0.15) is 0 Å². The molecule has 1 heterocycles. The van der Waals surface area contributed by atoms with Crippen LogP contribution < -0.4 is 4.46 Å². The monoisotopic (exact) mass is 256 g/mol. The van der Waals surface area contributed by atoms with Crippen LogP contribution in [0.5, 0.6) is 0 Å². The molecule has 2 heteroatoms. The minimum absolute atomic E-state index is 0.523. The second-order valence-corrected chi connectivity index (χ2v) is 6.73. The number of hydrogen-bond acceptors (Lipinski definition) is 1. The predicted octanol–water partition coefficient (Wildman–Crippen LogP) is 2.00. The summed E-state index contributed by atoms with van der Waals surface area (Å²) in [5, 5.41) is 0. The van der Waals surface area contributed by atoms with Gasteiger partial charge in [0.25, 0.3) is 0 Å². The van der Waals surface area contributed by atoms with E-state index in [1.165, 1.54) is 17.3 Å². The zero-order chi connectivity index (χ0) is 9.80. The summed E-state index contributed by atoms with van der Waals surface area (Å²) in [6.07, 6.45) is 3.03. The summed E-state index contributed by atoms with van der Waals surface area (Å²) in [5.74, 6) is 0. The Labute approximate surface area is 92.0 Å². The van der Waals surface area contributed by atoms with E-state index in [9.17, 15) is 0 Å².